The van der Waals surface area contributed by atoms with Crippen LogP contribution in [0.5, 0.6) is 0 Å². The van der Waals surface area contributed by atoms with E-state index >= 15 is 0 Å². The van der Waals surface area contributed by atoms with E-state index in [1.54, 1.807) is 0 Å². The lowest BCUT2D eigenvalue weighted by atomic mass is 9.90. The van der Waals surface area contributed by atoms with Crippen LogP contribution in [0.15, 0.2) is 18.2 Å². The van der Waals surface area contributed by atoms with Crippen molar-refractivity contribution in [1.82, 2.24) is 0 Å². The molecule has 5 heteroatoms. The van der Waals surface area contributed by atoms with Crippen molar-refractivity contribution < 1.29 is 13.5 Å². The fraction of sp³-hybridized carbons (Fsp3) is 0.571. The largest absolute Gasteiger partial charge is 0.380 e. The van der Waals surface area contributed by atoms with E-state index in [4.69, 9.17) is 4.74 Å². The average molecular weight is 285 g/mol. The number of thioether (sulfide) groups is 1. The molecule has 0 bridgehead atoms. The van der Waals surface area contributed by atoms with Crippen LogP contribution in [0.25, 0.3) is 0 Å². The second-order valence-corrected chi connectivity index (χ2v) is 6.40. The Morgan fingerprint density at radius 2 is 2.26 bits per heavy atom. The van der Waals surface area contributed by atoms with Crippen molar-refractivity contribution in [1.29, 1.82) is 0 Å². The van der Waals surface area contributed by atoms with Gasteiger partial charge in [-0.1, -0.05) is 0 Å². The van der Waals surface area contributed by atoms with Crippen LogP contribution in [-0.4, -0.2) is 29.8 Å². The smallest absolute Gasteiger partial charge is 0.149 e. The molecule has 2 aliphatic heterocycles. The van der Waals surface area contributed by atoms with E-state index in [1.807, 2.05) is 11.8 Å². The van der Waals surface area contributed by atoms with Gasteiger partial charge in [-0.3, -0.25) is 0 Å². The molecule has 1 spiro atoms. The third kappa shape index (κ3) is 2.87. The van der Waals surface area contributed by atoms with Gasteiger partial charge in [0.2, 0.25) is 0 Å². The normalized spacial score (nSPS) is 30.7. The molecule has 3 rings (SSSR count). The first-order chi connectivity index (χ1) is 9.17. The fourth-order valence-corrected chi connectivity index (χ4v) is 4.22. The molecule has 2 heterocycles. The highest BCUT2D eigenvalue weighted by molar-refractivity contribution is 7.99. The van der Waals surface area contributed by atoms with E-state index in [2.05, 4.69) is 5.32 Å². The predicted octanol–water partition coefficient (Wildman–Crippen LogP) is 3.43. The van der Waals surface area contributed by atoms with Crippen LogP contribution in [0.4, 0.5) is 14.5 Å². The topological polar surface area (TPSA) is 21.3 Å². The Morgan fingerprint density at radius 1 is 1.37 bits per heavy atom. The molecule has 104 valence electrons. The van der Waals surface area contributed by atoms with Crippen LogP contribution in [0.1, 0.15) is 19.3 Å². The average Bonchev–Trinajstić information content (AvgIpc) is 2.81. The molecule has 0 aliphatic carbocycles. The van der Waals surface area contributed by atoms with Gasteiger partial charge >= 0.3 is 0 Å². The van der Waals surface area contributed by atoms with Crippen molar-refractivity contribution in [2.45, 2.75) is 30.9 Å². The van der Waals surface area contributed by atoms with Crippen LogP contribution in [0.3, 0.4) is 0 Å². The summed E-state index contributed by atoms with van der Waals surface area (Å²) in [6.07, 6.45) is 2.84. The van der Waals surface area contributed by atoms with Gasteiger partial charge in [0.1, 0.15) is 11.6 Å². The standard InChI is InChI=1S/C14H17F2NOS/c15-10-1-2-13(12(16)7-10)17-11-3-5-18-14(8-11)4-6-19-9-14/h1-2,7,11,17H,3-6,8-9H2. The van der Waals surface area contributed by atoms with Gasteiger partial charge in [-0.25, -0.2) is 8.78 Å². The molecule has 0 aromatic heterocycles. The van der Waals surface area contributed by atoms with Gasteiger partial charge < -0.3 is 10.1 Å². The predicted molar refractivity (Wildman–Crippen MR) is 73.6 cm³/mol. The second-order valence-electron chi connectivity index (χ2n) is 5.29. The molecule has 2 saturated heterocycles. The highest BCUT2D eigenvalue weighted by Gasteiger charge is 2.40. The summed E-state index contributed by atoms with van der Waals surface area (Å²) in [6.45, 7) is 0.709. The number of benzene rings is 1. The van der Waals surface area contributed by atoms with Gasteiger partial charge in [0.25, 0.3) is 0 Å². The summed E-state index contributed by atoms with van der Waals surface area (Å²) in [5, 5.41) is 3.20. The third-order valence-electron chi connectivity index (χ3n) is 3.85. The maximum atomic E-state index is 13.6. The summed E-state index contributed by atoms with van der Waals surface area (Å²) in [6, 6.07) is 3.87. The van der Waals surface area contributed by atoms with Gasteiger partial charge in [-0.15, -0.1) is 0 Å². The number of nitrogens with one attached hydrogen (secondary N) is 1. The zero-order valence-corrected chi connectivity index (χ0v) is 11.4. The summed E-state index contributed by atoms with van der Waals surface area (Å²) >= 11 is 1.92. The zero-order valence-electron chi connectivity index (χ0n) is 10.6. The molecular formula is C14H17F2NOS. The van der Waals surface area contributed by atoms with Crippen LogP contribution in [0, 0.1) is 11.6 Å². The van der Waals surface area contributed by atoms with E-state index in [1.165, 1.54) is 12.1 Å². The van der Waals surface area contributed by atoms with Crippen molar-refractivity contribution in [3.8, 4) is 0 Å². The number of hydrogen-bond acceptors (Lipinski definition) is 3. The zero-order chi connectivity index (χ0) is 13.3. The highest BCUT2D eigenvalue weighted by atomic mass is 32.2. The van der Waals surface area contributed by atoms with Gasteiger partial charge in [0.05, 0.1) is 11.3 Å². The molecule has 0 amide bonds. The quantitative estimate of drug-likeness (QED) is 0.899. The molecule has 0 radical (unpaired) electrons. The minimum atomic E-state index is -0.543. The molecule has 1 N–H and O–H groups in total. The van der Waals surface area contributed by atoms with Crippen molar-refractivity contribution in [3.63, 3.8) is 0 Å². The van der Waals surface area contributed by atoms with Crippen LogP contribution in [-0.2, 0) is 4.74 Å². The Kier molecular flexibility index (Phi) is 3.67. The van der Waals surface area contributed by atoms with Crippen molar-refractivity contribution in [2.75, 3.05) is 23.4 Å². The number of hydrogen-bond donors (Lipinski definition) is 1. The minimum absolute atomic E-state index is 0.0307. The molecule has 1 aromatic carbocycles. The van der Waals surface area contributed by atoms with E-state index in [9.17, 15) is 8.78 Å². The molecule has 1 aromatic rings. The van der Waals surface area contributed by atoms with Gasteiger partial charge in [0.15, 0.2) is 0 Å². The van der Waals surface area contributed by atoms with Crippen LogP contribution < -0.4 is 5.32 Å². The maximum Gasteiger partial charge on any atom is 0.149 e. The molecular weight excluding hydrogens is 268 g/mol. The molecule has 2 fully saturated rings. The molecule has 2 atom stereocenters. The Bertz CT molecular complexity index is 463. The fourth-order valence-electron chi connectivity index (χ4n) is 2.84. The van der Waals surface area contributed by atoms with E-state index in [0.717, 1.165) is 36.8 Å². The number of halogens is 2. The highest BCUT2D eigenvalue weighted by Crippen LogP contribution is 2.39. The summed E-state index contributed by atoms with van der Waals surface area (Å²) in [5.74, 6) is 1.09. The van der Waals surface area contributed by atoms with Crippen LogP contribution >= 0.6 is 11.8 Å². The summed E-state index contributed by atoms with van der Waals surface area (Å²) < 4.78 is 32.4. The Morgan fingerprint density at radius 3 is 3.00 bits per heavy atom. The van der Waals surface area contributed by atoms with Crippen molar-refractivity contribution in [3.05, 3.63) is 29.8 Å². The number of ether oxygens (including phenoxy) is 1. The molecule has 0 saturated carbocycles. The molecule has 2 nitrogen and oxygen atoms in total. The third-order valence-corrected chi connectivity index (χ3v) is 5.07. The van der Waals surface area contributed by atoms with E-state index in [0.29, 0.717) is 12.3 Å². The Hall–Kier alpha value is -0.810. The number of rotatable bonds is 2. The first kappa shape index (κ1) is 13.2. The lowest BCUT2D eigenvalue weighted by molar-refractivity contribution is -0.0628. The van der Waals surface area contributed by atoms with E-state index in [-0.39, 0.29) is 11.6 Å². The summed E-state index contributed by atoms with van der Waals surface area (Å²) in [5.41, 5.74) is 0.353. The second kappa shape index (κ2) is 5.29. The first-order valence-electron chi connectivity index (χ1n) is 6.60. The van der Waals surface area contributed by atoms with Crippen molar-refractivity contribution >= 4 is 17.4 Å². The molecule has 19 heavy (non-hydrogen) atoms. The maximum absolute atomic E-state index is 13.6. The lowest BCUT2D eigenvalue weighted by Crippen LogP contribution is -2.44. The first-order valence-corrected chi connectivity index (χ1v) is 7.76. The number of anilines is 1. The Labute approximate surface area is 115 Å². The van der Waals surface area contributed by atoms with Gasteiger partial charge in [-0.2, -0.15) is 11.8 Å². The van der Waals surface area contributed by atoms with Crippen LogP contribution in [0.2, 0.25) is 0 Å². The molecule has 2 aliphatic rings. The Balaban J connectivity index is 1.69. The SMILES string of the molecule is Fc1ccc(NC2CCOC3(CCSC3)C2)c(F)c1. The monoisotopic (exact) mass is 285 g/mol. The minimum Gasteiger partial charge on any atom is -0.380 e. The van der Waals surface area contributed by atoms with Gasteiger partial charge in [-0.05, 0) is 37.1 Å². The van der Waals surface area contributed by atoms with Crippen molar-refractivity contribution in [2.24, 2.45) is 0 Å². The van der Waals surface area contributed by atoms with E-state index < -0.39 is 11.6 Å². The summed E-state index contributed by atoms with van der Waals surface area (Å²) in [7, 11) is 0. The summed E-state index contributed by atoms with van der Waals surface area (Å²) in [4.78, 5) is 0. The molecule has 2 unspecified atom stereocenters. The lowest BCUT2D eigenvalue weighted by Gasteiger charge is -2.38. The van der Waals surface area contributed by atoms with Gasteiger partial charge in [0, 0.05) is 24.5 Å².